The van der Waals surface area contributed by atoms with Crippen molar-refractivity contribution in [3.05, 3.63) is 29.9 Å². The van der Waals surface area contributed by atoms with Crippen LogP contribution in [0.4, 0.5) is 0 Å². The van der Waals surface area contributed by atoms with Crippen LogP contribution in [0.15, 0.2) is 28.7 Å². The zero-order valence-electron chi connectivity index (χ0n) is 7.05. The number of furan rings is 1. The van der Waals surface area contributed by atoms with E-state index in [-0.39, 0.29) is 0 Å². The molecule has 12 heavy (non-hydrogen) atoms. The van der Waals surface area contributed by atoms with Crippen molar-refractivity contribution in [2.24, 2.45) is 0 Å². The van der Waals surface area contributed by atoms with Gasteiger partial charge in [-0.25, -0.2) is 0 Å². The summed E-state index contributed by atoms with van der Waals surface area (Å²) in [4.78, 5) is 0. The van der Waals surface area contributed by atoms with Crippen LogP contribution >= 0.6 is 0 Å². The summed E-state index contributed by atoms with van der Waals surface area (Å²) in [6, 6.07) is 1.98. The van der Waals surface area contributed by atoms with Gasteiger partial charge in [-0.2, -0.15) is 0 Å². The molecule has 1 aliphatic heterocycles. The van der Waals surface area contributed by atoms with Gasteiger partial charge in [-0.05, 0) is 31.4 Å². The van der Waals surface area contributed by atoms with E-state index >= 15 is 0 Å². The zero-order chi connectivity index (χ0) is 8.23. The lowest BCUT2D eigenvalue weighted by molar-refractivity contribution is 0.566. The lowest BCUT2D eigenvalue weighted by Crippen LogP contribution is -2.19. The molecule has 0 bridgehead atoms. The lowest BCUT2D eigenvalue weighted by atomic mass is 10.1. The van der Waals surface area contributed by atoms with Crippen LogP contribution in [-0.4, -0.2) is 6.54 Å². The zero-order valence-corrected chi connectivity index (χ0v) is 7.05. The van der Waals surface area contributed by atoms with Crippen molar-refractivity contribution in [3.63, 3.8) is 0 Å². The van der Waals surface area contributed by atoms with Crippen LogP contribution in [0, 0.1) is 0 Å². The molecule has 0 atom stereocenters. The molecule has 0 spiro atoms. The Bertz CT molecular complexity index is 253. The second-order valence-corrected chi connectivity index (χ2v) is 3.11. The van der Waals surface area contributed by atoms with Gasteiger partial charge < -0.3 is 9.73 Å². The van der Waals surface area contributed by atoms with E-state index in [9.17, 15) is 0 Å². The van der Waals surface area contributed by atoms with Gasteiger partial charge in [0.2, 0.25) is 0 Å². The van der Waals surface area contributed by atoms with Gasteiger partial charge in [0.25, 0.3) is 0 Å². The lowest BCUT2D eigenvalue weighted by Gasteiger charge is -2.15. The highest BCUT2D eigenvalue weighted by atomic mass is 16.3. The van der Waals surface area contributed by atoms with Crippen LogP contribution in [0.2, 0.25) is 0 Å². The molecule has 0 saturated carbocycles. The average molecular weight is 163 g/mol. The van der Waals surface area contributed by atoms with E-state index in [4.69, 9.17) is 4.42 Å². The Balaban J connectivity index is 2.07. The molecule has 0 unspecified atom stereocenters. The predicted octanol–water partition coefficient (Wildman–Crippen LogP) is 2.39. The first-order valence-corrected chi connectivity index (χ1v) is 4.42. The number of piperidine rings is 1. The first-order chi connectivity index (χ1) is 5.95. The minimum absolute atomic E-state index is 1.11. The molecular formula is C10H13NO. The fourth-order valence-electron chi connectivity index (χ4n) is 1.46. The normalized spacial score (nSPS) is 20.8. The van der Waals surface area contributed by atoms with E-state index in [0.717, 1.165) is 12.1 Å². The fraction of sp³-hybridized carbons (Fsp3) is 0.400. The molecule has 2 heteroatoms. The molecule has 0 amide bonds. The van der Waals surface area contributed by atoms with E-state index in [1.165, 1.54) is 25.0 Å². The second kappa shape index (κ2) is 3.48. The molecule has 0 aliphatic carbocycles. The van der Waals surface area contributed by atoms with Crippen molar-refractivity contribution < 1.29 is 4.42 Å². The molecule has 1 aromatic heterocycles. The van der Waals surface area contributed by atoms with Crippen LogP contribution < -0.4 is 5.32 Å². The van der Waals surface area contributed by atoms with Gasteiger partial charge in [-0.15, -0.1) is 0 Å². The van der Waals surface area contributed by atoms with Gasteiger partial charge in [0.05, 0.1) is 12.5 Å². The van der Waals surface area contributed by atoms with E-state index in [0.29, 0.717) is 0 Å². The summed E-state index contributed by atoms with van der Waals surface area (Å²) >= 11 is 0. The number of nitrogens with one attached hydrogen (secondary N) is 1. The quantitative estimate of drug-likeness (QED) is 0.687. The van der Waals surface area contributed by atoms with E-state index in [2.05, 4.69) is 11.4 Å². The van der Waals surface area contributed by atoms with Gasteiger partial charge in [-0.3, -0.25) is 0 Å². The smallest absolute Gasteiger partial charge is 0.0975 e. The summed E-state index contributed by atoms with van der Waals surface area (Å²) in [5.41, 5.74) is 2.49. The Morgan fingerprint density at radius 3 is 3.08 bits per heavy atom. The van der Waals surface area contributed by atoms with E-state index in [1.54, 1.807) is 12.5 Å². The minimum atomic E-state index is 1.11. The topological polar surface area (TPSA) is 25.2 Å². The maximum atomic E-state index is 4.98. The summed E-state index contributed by atoms with van der Waals surface area (Å²) in [5, 5.41) is 3.38. The molecule has 2 rings (SSSR count). The Kier molecular flexibility index (Phi) is 2.16. The molecule has 1 N–H and O–H groups in total. The molecule has 2 heterocycles. The third-order valence-corrected chi connectivity index (χ3v) is 2.11. The maximum Gasteiger partial charge on any atom is 0.0975 e. The van der Waals surface area contributed by atoms with Crippen molar-refractivity contribution in [1.82, 2.24) is 5.32 Å². The molecule has 0 radical (unpaired) electrons. The van der Waals surface area contributed by atoms with Crippen molar-refractivity contribution in [1.29, 1.82) is 0 Å². The van der Waals surface area contributed by atoms with Crippen molar-refractivity contribution in [2.75, 3.05) is 6.54 Å². The van der Waals surface area contributed by atoms with Crippen LogP contribution in [0.5, 0.6) is 0 Å². The minimum Gasteiger partial charge on any atom is -0.472 e. The van der Waals surface area contributed by atoms with Crippen molar-refractivity contribution in [2.45, 2.75) is 19.3 Å². The van der Waals surface area contributed by atoms with Crippen LogP contribution in [0.1, 0.15) is 24.8 Å². The number of rotatable bonds is 1. The average Bonchev–Trinajstić information content (AvgIpc) is 2.59. The maximum absolute atomic E-state index is 4.98. The summed E-state index contributed by atoms with van der Waals surface area (Å²) in [6.45, 7) is 1.11. The third-order valence-electron chi connectivity index (χ3n) is 2.11. The molecule has 64 valence electrons. The number of allylic oxidation sites excluding steroid dienone is 1. The Morgan fingerprint density at radius 1 is 1.42 bits per heavy atom. The highest BCUT2D eigenvalue weighted by molar-refractivity contribution is 5.50. The summed E-state index contributed by atoms with van der Waals surface area (Å²) in [5.74, 6) is 0. The Labute approximate surface area is 72.3 Å². The van der Waals surface area contributed by atoms with Crippen LogP contribution in [0.25, 0.3) is 6.08 Å². The van der Waals surface area contributed by atoms with Crippen molar-refractivity contribution >= 4 is 6.08 Å². The second-order valence-electron chi connectivity index (χ2n) is 3.11. The number of hydrogen-bond donors (Lipinski definition) is 1. The predicted molar refractivity (Wildman–Crippen MR) is 48.5 cm³/mol. The Hall–Kier alpha value is -1.18. The van der Waals surface area contributed by atoms with Crippen LogP contribution in [0.3, 0.4) is 0 Å². The standard InChI is InChI=1S/C10H13NO/c1-2-5-11-10(3-1)7-9-4-6-12-8-9/h4,6-8,11H,1-3,5H2. The molecule has 1 aliphatic rings. The van der Waals surface area contributed by atoms with Gasteiger partial charge in [0.15, 0.2) is 0 Å². The Morgan fingerprint density at radius 2 is 2.42 bits per heavy atom. The highest BCUT2D eigenvalue weighted by Gasteiger charge is 2.03. The highest BCUT2D eigenvalue weighted by Crippen LogP contribution is 2.14. The van der Waals surface area contributed by atoms with Gasteiger partial charge in [0.1, 0.15) is 0 Å². The largest absolute Gasteiger partial charge is 0.472 e. The number of hydrogen-bond acceptors (Lipinski definition) is 2. The first kappa shape index (κ1) is 7.47. The molecule has 1 aromatic rings. The summed E-state index contributed by atoms with van der Waals surface area (Å²) < 4.78 is 4.98. The van der Waals surface area contributed by atoms with Gasteiger partial charge in [-0.1, -0.05) is 0 Å². The monoisotopic (exact) mass is 163 g/mol. The van der Waals surface area contributed by atoms with Gasteiger partial charge >= 0.3 is 0 Å². The van der Waals surface area contributed by atoms with E-state index in [1.807, 2.05) is 6.07 Å². The van der Waals surface area contributed by atoms with E-state index < -0.39 is 0 Å². The molecule has 2 nitrogen and oxygen atoms in total. The van der Waals surface area contributed by atoms with Crippen molar-refractivity contribution in [3.8, 4) is 0 Å². The molecule has 0 aromatic carbocycles. The first-order valence-electron chi connectivity index (χ1n) is 4.42. The summed E-state index contributed by atoms with van der Waals surface area (Å²) in [7, 11) is 0. The molecule has 1 saturated heterocycles. The fourth-order valence-corrected chi connectivity index (χ4v) is 1.46. The van der Waals surface area contributed by atoms with Gasteiger partial charge in [0, 0.05) is 17.8 Å². The third kappa shape index (κ3) is 1.70. The SMILES string of the molecule is C(=C1CCCCN1)c1ccoc1. The molecular weight excluding hydrogens is 150 g/mol. The van der Waals surface area contributed by atoms with Crippen LogP contribution in [-0.2, 0) is 0 Å². The summed E-state index contributed by atoms with van der Waals surface area (Å²) in [6.07, 6.45) is 9.39. The molecule has 1 fully saturated rings.